The minimum absolute atomic E-state index is 0.497. The van der Waals surface area contributed by atoms with E-state index < -0.39 is 5.54 Å². The second-order valence-corrected chi connectivity index (χ2v) is 4.55. The van der Waals surface area contributed by atoms with E-state index in [1.807, 2.05) is 24.3 Å². The summed E-state index contributed by atoms with van der Waals surface area (Å²) in [6.07, 6.45) is 1.88. The van der Waals surface area contributed by atoms with Crippen LogP contribution >= 0.6 is 11.6 Å². The average Bonchev–Trinajstić information content (AvgIpc) is 2.30. The third kappa shape index (κ3) is 2.46. The van der Waals surface area contributed by atoms with Gasteiger partial charge in [0.15, 0.2) is 0 Å². The molecule has 0 bridgehead atoms. The standard InChI is InChI=1S/C12H14ClN3/c13-10-3-1-4-11(7-10)16-12(8-14)5-2-6-15-9-12/h1,3-4,7,15-16H,2,5-6,9H2. The van der Waals surface area contributed by atoms with Crippen molar-refractivity contribution in [3.63, 3.8) is 0 Å². The van der Waals surface area contributed by atoms with Crippen molar-refractivity contribution in [1.29, 1.82) is 5.26 Å². The van der Waals surface area contributed by atoms with Crippen LogP contribution in [0.3, 0.4) is 0 Å². The van der Waals surface area contributed by atoms with Crippen LogP contribution in [0, 0.1) is 11.3 Å². The molecule has 0 radical (unpaired) electrons. The number of hydrogen-bond acceptors (Lipinski definition) is 3. The Bertz CT molecular complexity index is 405. The summed E-state index contributed by atoms with van der Waals surface area (Å²) in [6, 6.07) is 9.85. The van der Waals surface area contributed by atoms with Gasteiger partial charge in [-0.2, -0.15) is 5.26 Å². The quantitative estimate of drug-likeness (QED) is 0.828. The van der Waals surface area contributed by atoms with Crippen LogP contribution in [0.2, 0.25) is 5.02 Å². The van der Waals surface area contributed by atoms with E-state index in [0.29, 0.717) is 11.6 Å². The maximum Gasteiger partial charge on any atom is 0.138 e. The summed E-state index contributed by atoms with van der Waals surface area (Å²) in [5.41, 5.74) is 0.404. The Kier molecular flexibility index (Phi) is 3.33. The lowest BCUT2D eigenvalue weighted by molar-refractivity contribution is 0.411. The first kappa shape index (κ1) is 11.3. The number of rotatable bonds is 2. The zero-order valence-electron chi connectivity index (χ0n) is 8.96. The van der Waals surface area contributed by atoms with Crippen LogP contribution in [0.15, 0.2) is 24.3 Å². The van der Waals surface area contributed by atoms with Gasteiger partial charge in [-0.25, -0.2) is 0 Å². The smallest absolute Gasteiger partial charge is 0.138 e. The van der Waals surface area contributed by atoms with Gasteiger partial charge in [-0.1, -0.05) is 17.7 Å². The predicted molar refractivity (Wildman–Crippen MR) is 65.5 cm³/mol. The van der Waals surface area contributed by atoms with Gasteiger partial charge in [0.05, 0.1) is 6.07 Å². The first-order valence-corrected chi connectivity index (χ1v) is 5.78. The number of hydrogen-bond donors (Lipinski definition) is 2. The van der Waals surface area contributed by atoms with Gasteiger partial charge in [-0.3, -0.25) is 0 Å². The molecule has 1 aliphatic heterocycles. The van der Waals surface area contributed by atoms with Crippen LogP contribution in [0.4, 0.5) is 5.69 Å². The maximum absolute atomic E-state index is 9.29. The molecule has 0 saturated carbocycles. The molecule has 1 unspecified atom stereocenters. The van der Waals surface area contributed by atoms with E-state index in [1.165, 1.54) is 0 Å². The molecule has 1 aromatic rings. The average molecular weight is 236 g/mol. The van der Waals surface area contributed by atoms with Crippen molar-refractivity contribution in [3.8, 4) is 6.07 Å². The first-order chi connectivity index (χ1) is 7.74. The Morgan fingerprint density at radius 1 is 1.50 bits per heavy atom. The van der Waals surface area contributed by atoms with Gasteiger partial charge in [-0.15, -0.1) is 0 Å². The molecule has 2 N–H and O–H groups in total. The summed E-state index contributed by atoms with van der Waals surface area (Å²) in [5, 5.41) is 16.5. The minimum atomic E-state index is -0.497. The van der Waals surface area contributed by atoms with Gasteiger partial charge in [0.1, 0.15) is 5.54 Å². The van der Waals surface area contributed by atoms with Crippen LogP contribution in [-0.4, -0.2) is 18.6 Å². The molecular weight excluding hydrogens is 222 g/mol. The van der Waals surface area contributed by atoms with E-state index in [0.717, 1.165) is 25.1 Å². The molecule has 4 heteroatoms. The van der Waals surface area contributed by atoms with E-state index in [4.69, 9.17) is 11.6 Å². The number of benzene rings is 1. The maximum atomic E-state index is 9.29. The highest BCUT2D eigenvalue weighted by Crippen LogP contribution is 2.23. The van der Waals surface area contributed by atoms with Crippen molar-refractivity contribution in [2.75, 3.05) is 18.4 Å². The summed E-state index contributed by atoms with van der Waals surface area (Å²) in [7, 11) is 0. The summed E-state index contributed by atoms with van der Waals surface area (Å²) in [5.74, 6) is 0. The number of nitrogens with zero attached hydrogens (tertiary/aromatic N) is 1. The number of halogens is 1. The van der Waals surface area contributed by atoms with Crippen LogP contribution in [-0.2, 0) is 0 Å². The van der Waals surface area contributed by atoms with E-state index in [2.05, 4.69) is 16.7 Å². The molecule has 1 aliphatic rings. The lowest BCUT2D eigenvalue weighted by Crippen LogP contribution is -2.50. The summed E-state index contributed by atoms with van der Waals surface area (Å²) in [4.78, 5) is 0. The number of nitriles is 1. The molecule has 0 amide bonds. The van der Waals surface area contributed by atoms with Crippen molar-refractivity contribution < 1.29 is 0 Å². The van der Waals surface area contributed by atoms with Crippen LogP contribution in [0.5, 0.6) is 0 Å². The van der Waals surface area contributed by atoms with Gasteiger partial charge in [0.2, 0.25) is 0 Å². The molecule has 0 spiro atoms. The summed E-state index contributed by atoms with van der Waals surface area (Å²) >= 11 is 5.91. The summed E-state index contributed by atoms with van der Waals surface area (Å²) in [6.45, 7) is 1.66. The molecule has 16 heavy (non-hydrogen) atoms. The first-order valence-electron chi connectivity index (χ1n) is 5.40. The normalized spacial score (nSPS) is 24.8. The fourth-order valence-corrected chi connectivity index (χ4v) is 2.17. The highest BCUT2D eigenvalue weighted by Gasteiger charge is 2.31. The fourth-order valence-electron chi connectivity index (χ4n) is 1.98. The van der Waals surface area contributed by atoms with Crippen molar-refractivity contribution in [1.82, 2.24) is 5.32 Å². The van der Waals surface area contributed by atoms with Gasteiger partial charge in [-0.05, 0) is 37.6 Å². The second kappa shape index (κ2) is 4.73. The molecule has 1 heterocycles. The van der Waals surface area contributed by atoms with Crippen molar-refractivity contribution >= 4 is 17.3 Å². The highest BCUT2D eigenvalue weighted by molar-refractivity contribution is 6.30. The number of nitrogens with one attached hydrogen (secondary N) is 2. The van der Waals surface area contributed by atoms with Gasteiger partial charge in [0, 0.05) is 17.3 Å². The van der Waals surface area contributed by atoms with Crippen LogP contribution < -0.4 is 10.6 Å². The Hall–Kier alpha value is -1.24. The van der Waals surface area contributed by atoms with E-state index in [9.17, 15) is 5.26 Å². The van der Waals surface area contributed by atoms with Crippen LogP contribution in [0.1, 0.15) is 12.8 Å². The van der Waals surface area contributed by atoms with E-state index in [1.54, 1.807) is 0 Å². The molecule has 1 aromatic carbocycles. The Morgan fingerprint density at radius 3 is 3.00 bits per heavy atom. The molecule has 84 valence electrons. The van der Waals surface area contributed by atoms with Crippen molar-refractivity contribution in [3.05, 3.63) is 29.3 Å². The predicted octanol–water partition coefficient (Wildman–Crippen LogP) is 2.40. The molecule has 1 saturated heterocycles. The zero-order chi connectivity index (χ0) is 11.4. The van der Waals surface area contributed by atoms with Gasteiger partial charge in [0.25, 0.3) is 0 Å². The highest BCUT2D eigenvalue weighted by atomic mass is 35.5. The Labute approximate surface area is 100 Å². The molecule has 1 fully saturated rings. The van der Waals surface area contributed by atoms with Crippen LogP contribution in [0.25, 0.3) is 0 Å². The molecule has 1 atom stereocenters. The molecule has 0 aliphatic carbocycles. The Balaban J connectivity index is 2.15. The molecule has 0 aromatic heterocycles. The van der Waals surface area contributed by atoms with Crippen molar-refractivity contribution in [2.45, 2.75) is 18.4 Å². The fraction of sp³-hybridized carbons (Fsp3) is 0.417. The topological polar surface area (TPSA) is 47.9 Å². The van der Waals surface area contributed by atoms with Crippen molar-refractivity contribution in [2.24, 2.45) is 0 Å². The third-order valence-corrected chi connectivity index (χ3v) is 3.04. The van der Waals surface area contributed by atoms with Gasteiger partial charge < -0.3 is 10.6 Å². The summed E-state index contributed by atoms with van der Waals surface area (Å²) < 4.78 is 0. The SMILES string of the molecule is N#CC1(Nc2cccc(Cl)c2)CCCNC1. The number of anilines is 1. The lowest BCUT2D eigenvalue weighted by Gasteiger charge is -2.33. The lowest BCUT2D eigenvalue weighted by atomic mass is 9.91. The van der Waals surface area contributed by atoms with E-state index in [-0.39, 0.29) is 0 Å². The zero-order valence-corrected chi connectivity index (χ0v) is 9.72. The molecule has 2 rings (SSSR count). The monoisotopic (exact) mass is 235 g/mol. The second-order valence-electron chi connectivity index (χ2n) is 4.11. The largest absolute Gasteiger partial charge is 0.366 e. The van der Waals surface area contributed by atoms with Gasteiger partial charge >= 0.3 is 0 Å². The molecular formula is C12H14ClN3. The molecule has 3 nitrogen and oxygen atoms in total. The third-order valence-electron chi connectivity index (χ3n) is 2.81. The number of piperidine rings is 1. The van der Waals surface area contributed by atoms with E-state index >= 15 is 0 Å². The Morgan fingerprint density at radius 2 is 2.38 bits per heavy atom. The minimum Gasteiger partial charge on any atom is -0.366 e.